The number of anilines is 1. The molecule has 0 aromatic heterocycles. The topological polar surface area (TPSA) is 24.5 Å². The lowest BCUT2D eigenvalue weighted by atomic mass is 10.1. The molecule has 0 radical (unpaired) electrons. The van der Waals surface area contributed by atoms with Gasteiger partial charge in [-0.15, -0.1) is 0 Å². The molecule has 102 valence electrons. The van der Waals surface area contributed by atoms with Crippen molar-refractivity contribution in [3.63, 3.8) is 0 Å². The Morgan fingerprint density at radius 2 is 2.11 bits per heavy atom. The van der Waals surface area contributed by atoms with Crippen molar-refractivity contribution in [2.75, 3.05) is 38.3 Å². The maximum atomic E-state index is 6.34. The monoisotopic (exact) mass is 270 g/mol. The van der Waals surface area contributed by atoms with Crippen LogP contribution in [0.1, 0.15) is 19.4 Å². The first-order valence-electron chi connectivity index (χ1n) is 6.49. The second kappa shape index (κ2) is 8.35. The molecular formula is C14H23ClN2O. The first kappa shape index (κ1) is 15.3. The van der Waals surface area contributed by atoms with Crippen molar-refractivity contribution in [1.29, 1.82) is 0 Å². The maximum absolute atomic E-state index is 6.34. The highest BCUT2D eigenvalue weighted by Crippen LogP contribution is 2.29. The Bertz CT molecular complexity index is 358. The summed E-state index contributed by atoms with van der Waals surface area (Å²) in [6.07, 6.45) is 0. The van der Waals surface area contributed by atoms with Gasteiger partial charge in [0, 0.05) is 26.2 Å². The number of likely N-dealkylation sites (N-methyl/N-ethyl adjacent to an activating group) is 1. The van der Waals surface area contributed by atoms with Crippen LogP contribution in [0.5, 0.6) is 0 Å². The molecular weight excluding hydrogens is 248 g/mol. The Morgan fingerprint density at radius 3 is 2.72 bits per heavy atom. The van der Waals surface area contributed by atoms with Crippen molar-refractivity contribution in [3.05, 3.63) is 28.8 Å². The van der Waals surface area contributed by atoms with Gasteiger partial charge in [-0.05, 0) is 32.5 Å². The van der Waals surface area contributed by atoms with Crippen molar-refractivity contribution in [1.82, 2.24) is 5.32 Å². The molecule has 0 heterocycles. The van der Waals surface area contributed by atoms with Gasteiger partial charge in [-0.3, -0.25) is 0 Å². The van der Waals surface area contributed by atoms with Gasteiger partial charge in [-0.25, -0.2) is 0 Å². The second-order valence-electron chi connectivity index (χ2n) is 4.05. The molecule has 0 amide bonds. The molecule has 0 fully saturated rings. The second-order valence-corrected chi connectivity index (χ2v) is 4.46. The summed E-state index contributed by atoms with van der Waals surface area (Å²) >= 11 is 6.34. The van der Waals surface area contributed by atoms with Crippen LogP contribution in [-0.2, 0) is 11.3 Å². The Morgan fingerprint density at radius 1 is 1.33 bits per heavy atom. The van der Waals surface area contributed by atoms with E-state index in [4.69, 9.17) is 16.3 Å². The molecule has 1 aromatic carbocycles. The molecule has 0 unspecified atom stereocenters. The molecule has 0 atom stereocenters. The lowest BCUT2D eigenvalue weighted by molar-refractivity contribution is 0.154. The number of ether oxygens (including phenoxy) is 1. The molecule has 0 aliphatic heterocycles. The number of rotatable bonds is 8. The van der Waals surface area contributed by atoms with E-state index in [9.17, 15) is 0 Å². The van der Waals surface area contributed by atoms with Gasteiger partial charge in [-0.2, -0.15) is 0 Å². The summed E-state index contributed by atoms with van der Waals surface area (Å²) in [5, 5.41) is 3.99. The van der Waals surface area contributed by atoms with E-state index < -0.39 is 0 Å². The molecule has 18 heavy (non-hydrogen) atoms. The van der Waals surface area contributed by atoms with Crippen molar-refractivity contribution in [2.45, 2.75) is 20.4 Å². The maximum Gasteiger partial charge on any atom is 0.0642 e. The molecule has 1 rings (SSSR count). The lowest BCUT2D eigenvalue weighted by Crippen LogP contribution is -2.29. The Hall–Kier alpha value is -0.770. The average molecular weight is 271 g/mol. The predicted octanol–water partition coefficient (Wildman–Crippen LogP) is 2.92. The van der Waals surface area contributed by atoms with E-state index in [2.05, 4.69) is 23.2 Å². The van der Waals surface area contributed by atoms with Crippen molar-refractivity contribution < 1.29 is 4.74 Å². The zero-order valence-corrected chi connectivity index (χ0v) is 12.3. The lowest BCUT2D eigenvalue weighted by Gasteiger charge is -2.26. The van der Waals surface area contributed by atoms with Gasteiger partial charge in [-0.1, -0.05) is 23.7 Å². The van der Waals surface area contributed by atoms with E-state index >= 15 is 0 Å². The van der Waals surface area contributed by atoms with E-state index in [-0.39, 0.29) is 0 Å². The first-order valence-corrected chi connectivity index (χ1v) is 6.87. The Labute approximate surface area is 115 Å². The summed E-state index contributed by atoms with van der Waals surface area (Å²) in [7, 11) is 1.95. The SMILES string of the molecule is CCOCCN(CC)c1c(Cl)cccc1CNC. The zero-order valence-electron chi connectivity index (χ0n) is 11.5. The van der Waals surface area contributed by atoms with Gasteiger partial charge in [0.2, 0.25) is 0 Å². The minimum atomic E-state index is 0.731. The van der Waals surface area contributed by atoms with Gasteiger partial charge in [0.1, 0.15) is 0 Å². The predicted molar refractivity (Wildman–Crippen MR) is 78.6 cm³/mol. The van der Waals surface area contributed by atoms with E-state index in [1.54, 1.807) is 0 Å². The molecule has 0 aliphatic carbocycles. The van der Waals surface area contributed by atoms with Gasteiger partial charge in [0.05, 0.1) is 17.3 Å². The highest BCUT2D eigenvalue weighted by atomic mass is 35.5. The first-order chi connectivity index (χ1) is 8.74. The zero-order chi connectivity index (χ0) is 13.4. The van der Waals surface area contributed by atoms with Crippen molar-refractivity contribution in [2.24, 2.45) is 0 Å². The van der Waals surface area contributed by atoms with E-state index in [0.717, 1.165) is 43.6 Å². The normalized spacial score (nSPS) is 10.7. The fourth-order valence-corrected chi connectivity index (χ4v) is 2.31. The van der Waals surface area contributed by atoms with Crippen LogP contribution in [0.4, 0.5) is 5.69 Å². The number of nitrogens with one attached hydrogen (secondary N) is 1. The van der Waals surface area contributed by atoms with Crippen LogP contribution in [-0.4, -0.2) is 33.4 Å². The molecule has 1 N–H and O–H groups in total. The number of nitrogens with zero attached hydrogens (tertiary/aromatic N) is 1. The molecule has 0 bridgehead atoms. The van der Waals surface area contributed by atoms with E-state index in [1.165, 1.54) is 5.56 Å². The fourth-order valence-electron chi connectivity index (χ4n) is 1.99. The Kier molecular flexibility index (Phi) is 7.09. The molecule has 1 aromatic rings. The average Bonchev–Trinajstić information content (AvgIpc) is 2.37. The third kappa shape index (κ3) is 4.16. The third-order valence-corrected chi connectivity index (χ3v) is 3.15. The molecule has 0 saturated carbocycles. The Balaban J connectivity index is 2.88. The number of para-hydroxylation sites is 1. The van der Waals surface area contributed by atoms with E-state index in [0.29, 0.717) is 0 Å². The molecule has 3 nitrogen and oxygen atoms in total. The van der Waals surface area contributed by atoms with Crippen LogP contribution in [0, 0.1) is 0 Å². The van der Waals surface area contributed by atoms with Crippen LogP contribution in [0.15, 0.2) is 18.2 Å². The number of benzene rings is 1. The molecule has 0 aliphatic rings. The van der Waals surface area contributed by atoms with E-state index in [1.807, 2.05) is 26.1 Å². The van der Waals surface area contributed by atoms with Crippen LogP contribution in [0.2, 0.25) is 5.02 Å². The highest BCUT2D eigenvalue weighted by Gasteiger charge is 2.13. The summed E-state index contributed by atoms with van der Waals surface area (Å²) in [5.74, 6) is 0. The smallest absolute Gasteiger partial charge is 0.0642 e. The molecule has 0 saturated heterocycles. The minimum Gasteiger partial charge on any atom is -0.380 e. The molecule has 4 heteroatoms. The van der Waals surface area contributed by atoms with Gasteiger partial charge >= 0.3 is 0 Å². The van der Waals surface area contributed by atoms with Crippen LogP contribution in [0.25, 0.3) is 0 Å². The summed E-state index contributed by atoms with van der Waals surface area (Å²) in [4.78, 5) is 2.27. The summed E-state index contributed by atoms with van der Waals surface area (Å²) in [5.41, 5.74) is 2.35. The van der Waals surface area contributed by atoms with Crippen LogP contribution >= 0.6 is 11.6 Å². The number of halogens is 1. The van der Waals surface area contributed by atoms with Gasteiger partial charge < -0.3 is 15.0 Å². The van der Waals surface area contributed by atoms with Crippen LogP contribution in [0.3, 0.4) is 0 Å². The largest absolute Gasteiger partial charge is 0.380 e. The minimum absolute atomic E-state index is 0.731. The molecule has 0 spiro atoms. The number of hydrogen-bond acceptors (Lipinski definition) is 3. The summed E-state index contributed by atoms with van der Waals surface area (Å²) in [6, 6.07) is 6.05. The fraction of sp³-hybridized carbons (Fsp3) is 0.571. The standard InChI is InChI=1S/C14H23ClN2O/c1-4-17(9-10-18-5-2)14-12(11-16-3)7-6-8-13(14)15/h6-8,16H,4-5,9-11H2,1-3H3. The van der Waals surface area contributed by atoms with Gasteiger partial charge in [0.15, 0.2) is 0 Å². The van der Waals surface area contributed by atoms with Gasteiger partial charge in [0.25, 0.3) is 0 Å². The highest BCUT2D eigenvalue weighted by molar-refractivity contribution is 6.33. The quantitative estimate of drug-likeness (QED) is 0.735. The van der Waals surface area contributed by atoms with Crippen LogP contribution < -0.4 is 10.2 Å². The third-order valence-electron chi connectivity index (χ3n) is 2.85. The summed E-state index contributed by atoms with van der Waals surface area (Å²) in [6.45, 7) is 8.24. The van der Waals surface area contributed by atoms with Crippen molar-refractivity contribution in [3.8, 4) is 0 Å². The van der Waals surface area contributed by atoms with Crippen molar-refractivity contribution >= 4 is 17.3 Å². The summed E-state index contributed by atoms with van der Waals surface area (Å²) < 4.78 is 5.43. The number of hydrogen-bond donors (Lipinski definition) is 1.